The summed E-state index contributed by atoms with van der Waals surface area (Å²) in [5.74, 6) is -3.89. The fourth-order valence-corrected chi connectivity index (χ4v) is 8.98. The fourth-order valence-electron chi connectivity index (χ4n) is 8.98. The average molecular weight is 941 g/mol. The van der Waals surface area contributed by atoms with Crippen molar-refractivity contribution in [3.05, 3.63) is 287 Å². The van der Waals surface area contributed by atoms with E-state index in [2.05, 4.69) is 9.80 Å². The molecular formula is C62H56N2O7. The molecule has 0 bridgehead atoms. The highest BCUT2D eigenvalue weighted by Gasteiger charge is 2.46. The third kappa shape index (κ3) is 12.7. The first-order valence-corrected chi connectivity index (χ1v) is 23.8. The van der Waals surface area contributed by atoms with Crippen molar-refractivity contribution in [3.63, 3.8) is 0 Å². The topological polar surface area (TPSA) is 102 Å². The number of nitrogens with zero attached hydrogens (tertiary/aromatic N) is 2. The van der Waals surface area contributed by atoms with Crippen LogP contribution in [0, 0.1) is 0 Å². The van der Waals surface area contributed by atoms with Crippen LogP contribution in [0.4, 0.5) is 0 Å². The van der Waals surface area contributed by atoms with E-state index in [4.69, 9.17) is 14.2 Å². The Balaban J connectivity index is 1.27. The van der Waals surface area contributed by atoms with E-state index >= 15 is 9.59 Å². The first kappa shape index (κ1) is 49.2. The van der Waals surface area contributed by atoms with E-state index in [0.29, 0.717) is 24.2 Å². The van der Waals surface area contributed by atoms with Gasteiger partial charge in [-0.25, -0.2) is 19.2 Å². The maximum Gasteiger partial charge on any atom is 0.357 e. The summed E-state index contributed by atoms with van der Waals surface area (Å²) in [6.45, 7) is 4.66. The van der Waals surface area contributed by atoms with Gasteiger partial charge in [0.25, 0.3) is 0 Å². The van der Waals surface area contributed by atoms with Gasteiger partial charge in [-0.15, -0.1) is 0 Å². The van der Waals surface area contributed by atoms with Gasteiger partial charge in [-0.2, -0.15) is 0 Å². The minimum atomic E-state index is -1.74. The summed E-state index contributed by atoms with van der Waals surface area (Å²) in [5, 5.41) is 0. The highest BCUT2D eigenvalue weighted by molar-refractivity contribution is 5.96. The highest BCUT2D eigenvalue weighted by Crippen LogP contribution is 2.39. The first-order chi connectivity index (χ1) is 34.7. The van der Waals surface area contributed by atoms with Crippen LogP contribution in [0.3, 0.4) is 0 Å². The minimum absolute atomic E-state index is 0.194. The summed E-state index contributed by atoms with van der Waals surface area (Å²) < 4.78 is 18.9. The molecule has 0 N–H and O–H groups in total. The second kappa shape index (κ2) is 24.4. The molecule has 0 saturated carbocycles. The zero-order valence-corrected chi connectivity index (χ0v) is 39.7. The van der Waals surface area contributed by atoms with Crippen LogP contribution in [0.25, 0.3) is 0 Å². The summed E-state index contributed by atoms with van der Waals surface area (Å²) in [6.07, 6.45) is -3.48. The molecule has 6 atom stereocenters. The SMILES string of the molecule is C[C@@H](c1ccccc1)N(Cc1ccccc1)C(c1ccccc1)[C@H](OC(=O)c1ccccc1)C(=O)OC(=O)C(OC(=O)c1ccccc1)[C@H](c1ccccc1)N(Cc1ccccc1)[C@@H](C)c1ccccc1. The van der Waals surface area contributed by atoms with Gasteiger partial charge in [0, 0.05) is 25.2 Å². The molecule has 9 heteroatoms. The smallest absolute Gasteiger partial charge is 0.357 e. The summed E-state index contributed by atoms with van der Waals surface area (Å²) in [4.78, 5) is 64.1. The molecule has 0 aliphatic heterocycles. The third-order valence-corrected chi connectivity index (χ3v) is 12.7. The van der Waals surface area contributed by atoms with E-state index in [9.17, 15) is 9.59 Å². The number of rotatable bonds is 20. The molecule has 0 heterocycles. The van der Waals surface area contributed by atoms with E-state index in [1.54, 1.807) is 60.7 Å². The largest absolute Gasteiger partial charge is 0.445 e. The van der Waals surface area contributed by atoms with Crippen LogP contribution < -0.4 is 0 Å². The van der Waals surface area contributed by atoms with E-state index in [1.807, 2.05) is 196 Å². The van der Waals surface area contributed by atoms with Gasteiger partial charge in [0.1, 0.15) is 0 Å². The zero-order valence-electron chi connectivity index (χ0n) is 39.7. The van der Waals surface area contributed by atoms with Crippen LogP contribution >= 0.6 is 0 Å². The molecule has 8 aromatic rings. The second-order valence-corrected chi connectivity index (χ2v) is 17.3. The molecule has 0 amide bonds. The van der Waals surface area contributed by atoms with Gasteiger partial charge >= 0.3 is 23.9 Å². The lowest BCUT2D eigenvalue weighted by molar-refractivity contribution is -0.177. The van der Waals surface area contributed by atoms with Gasteiger partial charge in [0.15, 0.2) is 0 Å². The molecule has 0 aliphatic rings. The maximum absolute atomic E-state index is 15.6. The zero-order chi connectivity index (χ0) is 49.4. The van der Waals surface area contributed by atoms with Crippen molar-refractivity contribution in [2.75, 3.05) is 0 Å². The number of ether oxygens (including phenoxy) is 3. The van der Waals surface area contributed by atoms with Crippen LogP contribution in [-0.2, 0) is 36.9 Å². The second-order valence-electron chi connectivity index (χ2n) is 17.3. The van der Waals surface area contributed by atoms with Gasteiger partial charge in [-0.05, 0) is 71.5 Å². The monoisotopic (exact) mass is 940 g/mol. The summed E-state index contributed by atoms with van der Waals surface area (Å²) in [7, 11) is 0. The Kier molecular flexibility index (Phi) is 16.9. The molecule has 0 saturated heterocycles. The molecule has 8 rings (SSSR count). The van der Waals surface area contributed by atoms with Crippen molar-refractivity contribution < 1.29 is 33.4 Å². The van der Waals surface area contributed by atoms with Crippen LogP contribution in [0.1, 0.15) is 92.1 Å². The Labute approximate surface area is 415 Å². The predicted octanol–water partition coefficient (Wildman–Crippen LogP) is 12.5. The summed E-state index contributed by atoms with van der Waals surface area (Å²) >= 11 is 0. The van der Waals surface area contributed by atoms with Crippen molar-refractivity contribution >= 4 is 23.9 Å². The minimum Gasteiger partial charge on any atom is -0.445 e. The van der Waals surface area contributed by atoms with Gasteiger partial charge in [-0.3, -0.25) is 9.80 Å². The molecule has 71 heavy (non-hydrogen) atoms. The Morgan fingerprint density at radius 1 is 0.352 bits per heavy atom. The molecule has 0 fully saturated rings. The number of benzene rings is 8. The van der Waals surface area contributed by atoms with Crippen molar-refractivity contribution in [1.82, 2.24) is 9.80 Å². The molecule has 8 aromatic carbocycles. The maximum atomic E-state index is 15.6. The number of hydrogen-bond acceptors (Lipinski definition) is 9. The number of hydrogen-bond donors (Lipinski definition) is 0. The van der Waals surface area contributed by atoms with Crippen molar-refractivity contribution in [3.8, 4) is 0 Å². The quantitative estimate of drug-likeness (QED) is 0.0420. The molecule has 0 spiro atoms. The first-order valence-electron chi connectivity index (χ1n) is 23.8. The van der Waals surface area contributed by atoms with Crippen molar-refractivity contribution in [2.24, 2.45) is 0 Å². The number of esters is 4. The molecule has 9 nitrogen and oxygen atoms in total. The van der Waals surface area contributed by atoms with Crippen molar-refractivity contribution in [1.29, 1.82) is 0 Å². The third-order valence-electron chi connectivity index (χ3n) is 12.7. The molecule has 2 unspecified atom stereocenters. The fraction of sp³-hybridized carbons (Fsp3) is 0.161. The van der Waals surface area contributed by atoms with Gasteiger partial charge < -0.3 is 14.2 Å². The normalized spacial score (nSPS) is 13.7. The molecule has 0 aliphatic carbocycles. The summed E-state index contributed by atoms with van der Waals surface area (Å²) in [5.41, 5.74) is 5.37. The Morgan fingerprint density at radius 3 is 0.901 bits per heavy atom. The van der Waals surface area contributed by atoms with Crippen LogP contribution in [0.5, 0.6) is 0 Å². The van der Waals surface area contributed by atoms with Crippen LogP contribution in [0.15, 0.2) is 243 Å². The van der Waals surface area contributed by atoms with Gasteiger partial charge in [-0.1, -0.05) is 218 Å². The lowest BCUT2D eigenvalue weighted by atomic mass is 9.94. The molecule has 0 radical (unpaired) electrons. The van der Waals surface area contributed by atoms with E-state index in [1.165, 1.54) is 0 Å². The van der Waals surface area contributed by atoms with E-state index in [-0.39, 0.29) is 23.2 Å². The van der Waals surface area contributed by atoms with Crippen molar-refractivity contribution in [2.45, 2.75) is 63.3 Å². The number of carbonyl (C=O) groups is 4. The standard InChI is InChI=1S/C62H56N2O7/c1-45(49-31-15-5-16-32-49)63(43-47-27-11-3-12-28-47)55(51-35-19-7-20-36-51)57(69-59(65)53-39-23-9-24-40-53)61(67)71-62(68)58(70-60(66)54-41-25-10-26-42-54)56(52-37-21-8-22-38-52)64(44-48-29-13-4-14-30-48)46(2)50-33-17-6-18-34-50/h3-42,45-46,55-58H,43-44H2,1-2H3/t45-,46-,55-,56?,57?,58-/m0/s1. The van der Waals surface area contributed by atoms with Gasteiger partial charge in [0.2, 0.25) is 12.2 Å². The average Bonchev–Trinajstić information content (AvgIpc) is 3.43. The van der Waals surface area contributed by atoms with Crippen LogP contribution in [0.2, 0.25) is 0 Å². The lowest BCUT2D eigenvalue weighted by Gasteiger charge is -2.41. The Bertz CT molecular complexity index is 2710. The van der Waals surface area contributed by atoms with E-state index < -0.39 is 48.2 Å². The van der Waals surface area contributed by atoms with Crippen LogP contribution in [-0.4, -0.2) is 45.9 Å². The lowest BCUT2D eigenvalue weighted by Crippen LogP contribution is -2.48. The predicted molar refractivity (Wildman–Crippen MR) is 274 cm³/mol. The Hall–Kier alpha value is -8.24. The number of carbonyl (C=O) groups excluding carboxylic acids is 4. The van der Waals surface area contributed by atoms with Gasteiger partial charge in [0.05, 0.1) is 23.2 Å². The summed E-state index contributed by atoms with van der Waals surface area (Å²) in [6, 6.07) is 71.8. The molecule has 0 aromatic heterocycles. The molecular weight excluding hydrogens is 885 g/mol. The highest BCUT2D eigenvalue weighted by atomic mass is 16.6. The Morgan fingerprint density at radius 2 is 0.606 bits per heavy atom. The molecule has 356 valence electrons. The van der Waals surface area contributed by atoms with E-state index in [0.717, 1.165) is 22.3 Å².